The molecule has 7 N–H and O–H groups in total. The maximum Gasteiger partial charge on any atom is 0.490 e. The van der Waals surface area contributed by atoms with Crippen LogP contribution < -0.4 is 17.0 Å². The largest absolute Gasteiger partial charge is 0.490 e. The van der Waals surface area contributed by atoms with Gasteiger partial charge in [0, 0.05) is 12.6 Å². The lowest BCUT2D eigenvalue weighted by Crippen LogP contribution is -2.33. The summed E-state index contributed by atoms with van der Waals surface area (Å²) in [6.07, 6.45) is -0.0775. The van der Waals surface area contributed by atoms with Gasteiger partial charge in [-0.25, -0.2) is 18.5 Å². The number of phosphoric ester groups is 1. The lowest BCUT2D eigenvalue weighted by molar-refractivity contribution is -0.0543. The fraction of sp³-hybridized carbons (Fsp3) is 0.571. The molecule has 1 aliphatic heterocycles. The van der Waals surface area contributed by atoms with Crippen LogP contribution in [-0.2, 0) is 36.3 Å². The molecule has 1 saturated heterocycles. The molecule has 0 radical (unpaired) electrons. The minimum absolute atomic E-state index is 0.00900. The number of H-pyrrole nitrogens is 1. The van der Waals surface area contributed by atoms with Crippen molar-refractivity contribution in [3.63, 3.8) is 0 Å². The van der Waals surface area contributed by atoms with Gasteiger partial charge in [-0.3, -0.25) is 18.9 Å². The molecule has 204 valence electrons. The summed E-state index contributed by atoms with van der Waals surface area (Å²) in [7, 11) is -14.0. The van der Waals surface area contributed by atoms with E-state index in [0.717, 1.165) is 10.8 Å². The Labute approximate surface area is 210 Å². The normalized spacial score (nSPS) is 23.4. The van der Waals surface area contributed by atoms with Gasteiger partial charge in [-0.2, -0.15) is 8.62 Å². The molecule has 2 rings (SSSR count). The number of nitrogens with one attached hydrogen (secondary N) is 1. The summed E-state index contributed by atoms with van der Waals surface area (Å²) in [5, 5.41) is 0. The third-order valence-electron chi connectivity index (χ3n) is 4.05. The van der Waals surface area contributed by atoms with Crippen molar-refractivity contribution >= 4 is 45.1 Å². The average molecular weight is 613 g/mol. The Morgan fingerprint density at radius 1 is 1.22 bits per heavy atom. The molecule has 0 amide bonds. The highest BCUT2D eigenvalue weighted by Crippen LogP contribution is 2.66. The molecule has 0 aromatic carbocycles. The highest BCUT2D eigenvalue weighted by molar-refractivity contribution is 8.76. The van der Waals surface area contributed by atoms with E-state index < -0.39 is 59.8 Å². The van der Waals surface area contributed by atoms with Crippen molar-refractivity contribution < 1.29 is 55.9 Å². The van der Waals surface area contributed by atoms with E-state index in [-0.39, 0.29) is 24.5 Å². The molecule has 0 bridgehead atoms. The van der Waals surface area contributed by atoms with Crippen LogP contribution in [0.25, 0.3) is 0 Å². The molecular weight excluding hydrogens is 591 g/mol. The molecule has 17 nitrogen and oxygen atoms in total. The third kappa shape index (κ3) is 10.2. The number of phosphoric acid groups is 3. The molecule has 0 aliphatic carbocycles. The Kier molecular flexibility index (Phi) is 11.7. The number of nitrogens with two attached hydrogens (primary N) is 1. The predicted octanol–water partition coefficient (Wildman–Crippen LogP) is -0.168. The van der Waals surface area contributed by atoms with Gasteiger partial charge in [-0.05, 0) is 6.26 Å². The van der Waals surface area contributed by atoms with Crippen molar-refractivity contribution in [3.05, 3.63) is 32.6 Å². The SMILES string of the molecule is CSSCO[C@H]1C[C@H](n2cc(C#CCN)c(=O)[nH]c2=O)O[C@@H]1COP(=O)(O)OP(=O)(O)OP(=O)(O)O. The molecule has 0 spiro atoms. The Morgan fingerprint density at radius 2 is 1.92 bits per heavy atom. The lowest BCUT2D eigenvalue weighted by Gasteiger charge is -2.21. The number of aromatic nitrogens is 2. The minimum atomic E-state index is -5.70. The lowest BCUT2D eigenvalue weighted by atomic mass is 10.2. The summed E-state index contributed by atoms with van der Waals surface area (Å²) in [5.74, 6) is 5.13. The van der Waals surface area contributed by atoms with Crippen LogP contribution in [0.4, 0.5) is 0 Å². The smallest absolute Gasteiger partial charge is 0.364 e. The fourth-order valence-corrected chi connectivity index (χ4v) is 6.58. The fourth-order valence-electron chi connectivity index (χ4n) is 2.77. The molecule has 1 aliphatic rings. The van der Waals surface area contributed by atoms with Gasteiger partial charge >= 0.3 is 29.2 Å². The summed E-state index contributed by atoms with van der Waals surface area (Å²) < 4.78 is 58.6. The van der Waals surface area contributed by atoms with E-state index in [2.05, 4.69) is 30.0 Å². The van der Waals surface area contributed by atoms with Crippen molar-refractivity contribution in [2.75, 3.05) is 25.3 Å². The van der Waals surface area contributed by atoms with E-state index in [1.165, 1.54) is 21.6 Å². The van der Waals surface area contributed by atoms with Crippen molar-refractivity contribution in [3.8, 4) is 11.8 Å². The van der Waals surface area contributed by atoms with E-state index in [0.29, 0.717) is 0 Å². The van der Waals surface area contributed by atoms with Crippen molar-refractivity contribution in [2.45, 2.75) is 24.9 Å². The Balaban J connectivity index is 2.21. The van der Waals surface area contributed by atoms with Gasteiger partial charge < -0.3 is 34.8 Å². The van der Waals surface area contributed by atoms with E-state index in [4.69, 9.17) is 25.0 Å². The number of nitrogens with zero attached hydrogens (tertiary/aromatic N) is 1. The van der Waals surface area contributed by atoms with E-state index in [1.807, 2.05) is 0 Å². The zero-order chi connectivity index (χ0) is 27.1. The van der Waals surface area contributed by atoms with Gasteiger partial charge in [0.05, 0.1) is 19.3 Å². The van der Waals surface area contributed by atoms with Gasteiger partial charge in [-0.15, -0.1) is 0 Å². The summed E-state index contributed by atoms with van der Waals surface area (Å²) in [6.45, 7) is -0.823. The molecule has 2 unspecified atom stereocenters. The van der Waals surface area contributed by atoms with Gasteiger partial charge in [0.2, 0.25) is 0 Å². The van der Waals surface area contributed by atoms with Crippen molar-refractivity contribution in [1.29, 1.82) is 0 Å². The van der Waals surface area contributed by atoms with Gasteiger partial charge in [0.25, 0.3) is 5.56 Å². The Bertz CT molecular complexity index is 1240. The molecule has 0 saturated carbocycles. The molecule has 1 aromatic rings. The summed E-state index contributed by atoms with van der Waals surface area (Å²) in [5.41, 5.74) is 3.64. The van der Waals surface area contributed by atoms with Crippen LogP contribution in [-0.4, -0.2) is 66.7 Å². The van der Waals surface area contributed by atoms with E-state index in [1.54, 1.807) is 6.26 Å². The monoisotopic (exact) mass is 613 g/mol. The number of hydrogen-bond donors (Lipinski definition) is 6. The van der Waals surface area contributed by atoms with Gasteiger partial charge in [0.15, 0.2) is 0 Å². The highest BCUT2D eigenvalue weighted by Gasteiger charge is 2.43. The molecule has 1 fully saturated rings. The minimum Gasteiger partial charge on any atom is -0.364 e. The predicted molar refractivity (Wildman–Crippen MR) is 126 cm³/mol. The van der Waals surface area contributed by atoms with E-state index >= 15 is 0 Å². The van der Waals surface area contributed by atoms with Crippen molar-refractivity contribution in [2.24, 2.45) is 5.73 Å². The first-order valence-electron chi connectivity index (χ1n) is 9.42. The molecule has 22 heteroatoms. The summed E-state index contributed by atoms with van der Waals surface area (Å²) in [6, 6.07) is 0. The zero-order valence-electron chi connectivity index (χ0n) is 18.2. The van der Waals surface area contributed by atoms with Crippen LogP contribution in [0.2, 0.25) is 0 Å². The first kappa shape index (κ1) is 31.4. The quantitative estimate of drug-likeness (QED) is 0.0588. The van der Waals surface area contributed by atoms with Crippen LogP contribution in [0.5, 0.6) is 0 Å². The second-order valence-electron chi connectivity index (χ2n) is 6.57. The molecular formula is C14H22N3O14P3S2. The van der Waals surface area contributed by atoms with Crippen molar-refractivity contribution in [1.82, 2.24) is 9.55 Å². The molecule has 36 heavy (non-hydrogen) atoms. The molecule has 1 aromatic heterocycles. The zero-order valence-corrected chi connectivity index (χ0v) is 22.5. The van der Waals surface area contributed by atoms with Crippen LogP contribution in [0.1, 0.15) is 18.2 Å². The number of hydrogen-bond acceptors (Lipinski definition) is 13. The maximum atomic E-state index is 12.3. The topological polar surface area (TPSA) is 259 Å². The molecule has 2 heterocycles. The Morgan fingerprint density at radius 3 is 2.53 bits per heavy atom. The van der Waals surface area contributed by atoms with Gasteiger partial charge in [-0.1, -0.05) is 33.4 Å². The van der Waals surface area contributed by atoms with Crippen LogP contribution in [0, 0.1) is 11.8 Å². The van der Waals surface area contributed by atoms with E-state index in [9.17, 15) is 33.1 Å². The van der Waals surface area contributed by atoms with Crippen LogP contribution >= 0.6 is 45.1 Å². The second kappa shape index (κ2) is 13.3. The Hall–Kier alpha value is -0.770. The summed E-state index contributed by atoms with van der Waals surface area (Å²) in [4.78, 5) is 62.5. The highest BCUT2D eigenvalue weighted by atomic mass is 33.1. The van der Waals surface area contributed by atoms with Crippen LogP contribution in [0.15, 0.2) is 15.8 Å². The third-order valence-corrected chi connectivity index (χ3v) is 9.32. The first-order chi connectivity index (χ1) is 16.7. The standard InChI is InChI=1S/C14H22N3O14P3S2/c1-35-36-8-27-10-5-12(17-6-9(3-2-4-15)13(18)16-14(17)19)29-11(10)7-28-33(23,24)31-34(25,26)30-32(20,21)22/h6,10-12H,4-5,7-8,15H2,1H3,(H,23,24)(H,25,26)(H,16,18,19)(H2,20,21,22)/t10-,11+,12+/m0/s1. The summed E-state index contributed by atoms with van der Waals surface area (Å²) >= 11 is 0. The number of ether oxygens (including phenoxy) is 2. The number of aromatic amines is 1. The maximum absolute atomic E-state index is 12.3. The molecule has 5 atom stereocenters. The first-order valence-corrected chi connectivity index (χ1v) is 16.7. The van der Waals surface area contributed by atoms with Crippen LogP contribution in [0.3, 0.4) is 0 Å². The average Bonchev–Trinajstić information content (AvgIpc) is 3.12. The van der Waals surface area contributed by atoms with Gasteiger partial charge in [0.1, 0.15) is 23.8 Å². The second-order valence-corrected chi connectivity index (χ2v) is 13.5. The number of rotatable bonds is 12.